The third kappa shape index (κ3) is 4.43. The normalized spacial score (nSPS) is 13.2. The van der Waals surface area contributed by atoms with Gasteiger partial charge in [-0.15, -0.1) is 0 Å². The Hall–Kier alpha value is -1.22. The first kappa shape index (κ1) is 15.8. The molecule has 0 aliphatic heterocycles. The molecule has 0 saturated carbocycles. The second-order valence-corrected chi connectivity index (χ2v) is 5.92. The number of nitrogens with one attached hydrogen (secondary N) is 1. The summed E-state index contributed by atoms with van der Waals surface area (Å²) in [5.41, 5.74) is 1.49. The van der Waals surface area contributed by atoms with Crippen LogP contribution in [0.3, 0.4) is 0 Å². The van der Waals surface area contributed by atoms with Crippen molar-refractivity contribution in [1.29, 1.82) is 0 Å². The van der Waals surface area contributed by atoms with E-state index in [0.717, 1.165) is 24.3 Å². The van der Waals surface area contributed by atoms with Crippen LogP contribution < -0.4 is 14.8 Å². The Morgan fingerprint density at radius 1 is 1.16 bits per heavy atom. The fourth-order valence-corrected chi connectivity index (χ4v) is 2.37. The summed E-state index contributed by atoms with van der Waals surface area (Å²) < 4.78 is 10.7. The summed E-state index contributed by atoms with van der Waals surface area (Å²) in [5.74, 6) is 1.74. The van der Waals surface area contributed by atoms with Gasteiger partial charge in [0, 0.05) is 12.1 Å². The average Bonchev–Trinajstić information content (AvgIpc) is 2.38. The molecule has 0 aromatic heterocycles. The van der Waals surface area contributed by atoms with Crippen molar-refractivity contribution >= 4 is 0 Å². The predicted octanol–water partition coefficient (Wildman–Crippen LogP) is 3.27. The van der Waals surface area contributed by atoms with Crippen molar-refractivity contribution in [1.82, 2.24) is 5.32 Å². The lowest BCUT2D eigenvalue weighted by Gasteiger charge is -2.30. The monoisotopic (exact) mass is 265 g/mol. The van der Waals surface area contributed by atoms with Gasteiger partial charge in [0.15, 0.2) is 0 Å². The predicted molar refractivity (Wildman–Crippen MR) is 80.2 cm³/mol. The number of hydrogen-bond acceptors (Lipinski definition) is 3. The second-order valence-electron chi connectivity index (χ2n) is 5.92. The fourth-order valence-electron chi connectivity index (χ4n) is 2.37. The van der Waals surface area contributed by atoms with Crippen molar-refractivity contribution < 1.29 is 9.47 Å². The van der Waals surface area contributed by atoms with Gasteiger partial charge in [-0.05, 0) is 36.9 Å². The van der Waals surface area contributed by atoms with Crippen molar-refractivity contribution in [3.8, 4) is 11.5 Å². The molecule has 1 N–H and O–H groups in total. The summed E-state index contributed by atoms with van der Waals surface area (Å²) in [7, 11) is 5.41. The Labute approximate surface area is 117 Å². The maximum Gasteiger partial charge on any atom is 0.125 e. The van der Waals surface area contributed by atoms with Gasteiger partial charge in [0.1, 0.15) is 11.5 Å². The highest BCUT2D eigenvalue weighted by atomic mass is 16.5. The SMILES string of the molecule is CNC(CCc1ccc(OC)cc1OC)C(C)(C)C. The number of rotatable bonds is 6. The van der Waals surface area contributed by atoms with Gasteiger partial charge in [-0.2, -0.15) is 0 Å². The molecule has 3 heteroatoms. The number of hydrogen-bond donors (Lipinski definition) is 1. The zero-order chi connectivity index (χ0) is 14.5. The molecule has 0 heterocycles. The van der Waals surface area contributed by atoms with Crippen LogP contribution in [0.5, 0.6) is 11.5 Å². The minimum absolute atomic E-state index is 0.258. The Balaban J connectivity index is 2.77. The molecule has 0 saturated heterocycles. The van der Waals surface area contributed by atoms with Crippen molar-refractivity contribution in [2.24, 2.45) is 5.41 Å². The molecule has 19 heavy (non-hydrogen) atoms. The molecule has 1 unspecified atom stereocenters. The molecule has 0 spiro atoms. The topological polar surface area (TPSA) is 30.5 Å². The van der Waals surface area contributed by atoms with Crippen LogP contribution in [0.15, 0.2) is 18.2 Å². The van der Waals surface area contributed by atoms with Crippen LogP contribution in [-0.4, -0.2) is 27.3 Å². The van der Waals surface area contributed by atoms with Gasteiger partial charge in [0.2, 0.25) is 0 Å². The lowest BCUT2D eigenvalue weighted by molar-refractivity contribution is 0.267. The molecular weight excluding hydrogens is 238 g/mol. The third-order valence-corrected chi connectivity index (χ3v) is 3.59. The Kier molecular flexibility index (Phi) is 5.67. The van der Waals surface area contributed by atoms with E-state index in [-0.39, 0.29) is 5.41 Å². The molecule has 3 nitrogen and oxygen atoms in total. The molecule has 0 aliphatic rings. The first-order valence-electron chi connectivity index (χ1n) is 6.80. The van der Waals surface area contributed by atoms with E-state index in [1.54, 1.807) is 14.2 Å². The van der Waals surface area contributed by atoms with Gasteiger partial charge in [0.05, 0.1) is 14.2 Å². The van der Waals surface area contributed by atoms with E-state index in [2.05, 4.69) is 32.2 Å². The zero-order valence-corrected chi connectivity index (χ0v) is 13.0. The molecular formula is C16H27NO2. The number of aryl methyl sites for hydroxylation is 1. The summed E-state index contributed by atoms with van der Waals surface area (Å²) >= 11 is 0. The molecule has 0 amide bonds. The van der Waals surface area contributed by atoms with Gasteiger partial charge in [0.25, 0.3) is 0 Å². The number of ether oxygens (including phenoxy) is 2. The molecule has 0 aliphatic carbocycles. The van der Waals surface area contributed by atoms with E-state index < -0.39 is 0 Å². The molecule has 1 aromatic carbocycles. The minimum atomic E-state index is 0.258. The molecule has 0 radical (unpaired) electrons. The lowest BCUT2D eigenvalue weighted by Crippen LogP contribution is -2.38. The van der Waals surface area contributed by atoms with Crippen molar-refractivity contribution in [2.45, 2.75) is 39.7 Å². The van der Waals surface area contributed by atoms with Crippen LogP contribution in [0.1, 0.15) is 32.8 Å². The zero-order valence-electron chi connectivity index (χ0n) is 13.0. The Bertz CT molecular complexity index is 396. The summed E-state index contributed by atoms with van der Waals surface area (Å²) in [6, 6.07) is 6.51. The lowest BCUT2D eigenvalue weighted by atomic mass is 9.83. The number of benzene rings is 1. The van der Waals surface area contributed by atoms with E-state index in [9.17, 15) is 0 Å². The highest BCUT2D eigenvalue weighted by Crippen LogP contribution is 2.28. The molecule has 1 atom stereocenters. The van der Waals surface area contributed by atoms with Crippen molar-refractivity contribution in [2.75, 3.05) is 21.3 Å². The third-order valence-electron chi connectivity index (χ3n) is 3.59. The van der Waals surface area contributed by atoms with E-state index >= 15 is 0 Å². The van der Waals surface area contributed by atoms with Crippen LogP contribution in [0.4, 0.5) is 0 Å². The first-order chi connectivity index (χ1) is 8.92. The standard InChI is InChI=1S/C16H27NO2/c1-16(2,3)15(17-4)10-8-12-7-9-13(18-5)11-14(12)19-6/h7,9,11,15,17H,8,10H2,1-6H3. The quantitative estimate of drug-likeness (QED) is 0.856. The highest BCUT2D eigenvalue weighted by molar-refractivity contribution is 5.40. The summed E-state index contributed by atoms with van der Waals surface area (Å²) in [4.78, 5) is 0. The van der Waals surface area contributed by atoms with Gasteiger partial charge >= 0.3 is 0 Å². The van der Waals surface area contributed by atoms with Crippen molar-refractivity contribution in [3.05, 3.63) is 23.8 Å². The largest absolute Gasteiger partial charge is 0.497 e. The summed E-state index contributed by atoms with van der Waals surface area (Å²) in [6.45, 7) is 6.79. The number of methoxy groups -OCH3 is 2. The summed E-state index contributed by atoms with van der Waals surface area (Å²) in [5, 5.41) is 3.41. The molecule has 108 valence electrons. The summed E-state index contributed by atoms with van der Waals surface area (Å²) in [6.07, 6.45) is 2.08. The van der Waals surface area contributed by atoms with E-state index in [1.165, 1.54) is 5.56 Å². The maximum atomic E-state index is 5.44. The average molecular weight is 265 g/mol. The highest BCUT2D eigenvalue weighted by Gasteiger charge is 2.22. The Morgan fingerprint density at radius 2 is 1.84 bits per heavy atom. The van der Waals surface area contributed by atoms with Crippen LogP contribution in [0.2, 0.25) is 0 Å². The van der Waals surface area contributed by atoms with Crippen LogP contribution >= 0.6 is 0 Å². The van der Waals surface area contributed by atoms with Gasteiger partial charge < -0.3 is 14.8 Å². The van der Waals surface area contributed by atoms with Gasteiger partial charge in [-0.25, -0.2) is 0 Å². The van der Waals surface area contributed by atoms with Crippen LogP contribution in [0, 0.1) is 5.41 Å². The van der Waals surface area contributed by atoms with E-state index in [0.29, 0.717) is 6.04 Å². The van der Waals surface area contributed by atoms with Gasteiger partial charge in [-0.1, -0.05) is 26.8 Å². The van der Waals surface area contributed by atoms with Gasteiger partial charge in [-0.3, -0.25) is 0 Å². The second kappa shape index (κ2) is 6.80. The van der Waals surface area contributed by atoms with Crippen molar-refractivity contribution in [3.63, 3.8) is 0 Å². The Morgan fingerprint density at radius 3 is 2.32 bits per heavy atom. The van der Waals surface area contributed by atoms with E-state index in [1.807, 2.05) is 19.2 Å². The molecule has 0 fully saturated rings. The first-order valence-corrected chi connectivity index (χ1v) is 6.80. The van der Waals surface area contributed by atoms with E-state index in [4.69, 9.17) is 9.47 Å². The van der Waals surface area contributed by atoms with Crippen LogP contribution in [-0.2, 0) is 6.42 Å². The molecule has 1 rings (SSSR count). The minimum Gasteiger partial charge on any atom is -0.497 e. The molecule has 0 bridgehead atoms. The maximum absolute atomic E-state index is 5.44. The fraction of sp³-hybridized carbons (Fsp3) is 0.625. The smallest absolute Gasteiger partial charge is 0.125 e. The van der Waals surface area contributed by atoms with Crippen LogP contribution in [0.25, 0.3) is 0 Å². The molecule has 1 aromatic rings.